The second kappa shape index (κ2) is 14.8. The van der Waals surface area contributed by atoms with E-state index in [1.165, 1.54) is 24.3 Å². The number of thiocarbonyl (C=S) groups is 1. The van der Waals surface area contributed by atoms with Crippen molar-refractivity contribution in [2.75, 3.05) is 11.9 Å². The van der Waals surface area contributed by atoms with E-state index in [-0.39, 0.29) is 29.0 Å². The Morgan fingerprint density at radius 1 is 1.07 bits per heavy atom. The van der Waals surface area contributed by atoms with Crippen LogP contribution in [0.3, 0.4) is 0 Å². The lowest BCUT2D eigenvalue weighted by Crippen LogP contribution is -2.50. The van der Waals surface area contributed by atoms with Crippen molar-refractivity contribution >= 4 is 78.5 Å². The van der Waals surface area contributed by atoms with Crippen LogP contribution in [-0.2, 0) is 24.3 Å². The molecule has 0 aliphatic heterocycles. The summed E-state index contributed by atoms with van der Waals surface area (Å²) in [4.78, 5) is 37.0. The number of rotatable bonds is 10. The van der Waals surface area contributed by atoms with Gasteiger partial charge in [0.2, 0.25) is 0 Å². The first-order chi connectivity index (χ1) is 18.9. The molecule has 0 aliphatic rings. The van der Waals surface area contributed by atoms with E-state index in [1.807, 2.05) is 18.6 Å². The third-order valence-electron chi connectivity index (χ3n) is 4.88. The Balaban J connectivity index is 1.96. The molecule has 224 valence electrons. The van der Waals surface area contributed by atoms with Gasteiger partial charge in [-0.25, -0.2) is 17.9 Å². The number of nitrogens with one attached hydrogen (secondary N) is 4. The largest absolute Gasteiger partial charge is 0.482 e. The number of anilines is 1. The zero-order valence-corrected chi connectivity index (χ0v) is 27.0. The predicted molar refractivity (Wildman–Crippen MR) is 163 cm³/mol. The maximum absolute atomic E-state index is 12.9. The number of amides is 3. The van der Waals surface area contributed by atoms with Crippen LogP contribution in [0.2, 0.25) is 5.02 Å². The van der Waals surface area contributed by atoms with Gasteiger partial charge >= 0.3 is 6.09 Å². The number of sulfonamides is 1. The van der Waals surface area contributed by atoms with E-state index in [4.69, 9.17) is 33.3 Å². The number of hydrogen-bond donors (Lipinski definition) is 4. The molecular weight excluding hydrogens is 660 g/mol. The molecule has 0 aliphatic carbocycles. The first-order valence-electron chi connectivity index (χ1n) is 12.3. The van der Waals surface area contributed by atoms with Crippen molar-refractivity contribution in [3.05, 3.63) is 52.0 Å². The summed E-state index contributed by atoms with van der Waals surface area (Å²) in [6, 6.07) is 9.12. The van der Waals surface area contributed by atoms with Crippen molar-refractivity contribution in [1.29, 1.82) is 0 Å². The minimum atomic E-state index is -4.27. The first-order valence-corrected chi connectivity index (χ1v) is 15.4. The molecule has 0 spiro atoms. The van der Waals surface area contributed by atoms with Gasteiger partial charge in [0.15, 0.2) is 11.7 Å². The van der Waals surface area contributed by atoms with Gasteiger partial charge in [0.25, 0.3) is 21.8 Å². The summed E-state index contributed by atoms with van der Waals surface area (Å²) in [6.45, 7) is 8.32. The van der Waals surface area contributed by atoms with Gasteiger partial charge in [0.1, 0.15) is 17.4 Å². The lowest BCUT2D eigenvalue weighted by atomic mass is 10.0. The maximum atomic E-state index is 12.9. The highest BCUT2D eigenvalue weighted by Crippen LogP contribution is 2.27. The van der Waals surface area contributed by atoms with Crippen LogP contribution in [0, 0.1) is 5.92 Å². The molecule has 3 amide bonds. The molecule has 0 bridgehead atoms. The molecule has 0 heterocycles. The van der Waals surface area contributed by atoms with Gasteiger partial charge < -0.3 is 20.1 Å². The Morgan fingerprint density at radius 2 is 1.71 bits per heavy atom. The predicted octanol–water partition coefficient (Wildman–Crippen LogP) is 4.74. The van der Waals surface area contributed by atoms with Gasteiger partial charge in [-0.05, 0) is 87.8 Å². The Labute approximate surface area is 258 Å². The van der Waals surface area contributed by atoms with Crippen LogP contribution in [0.4, 0.5) is 10.5 Å². The fourth-order valence-corrected chi connectivity index (χ4v) is 5.17. The van der Waals surface area contributed by atoms with Crippen molar-refractivity contribution in [3.8, 4) is 5.75 Å². The van der Waals surface area contributed by atoms with Crippen molar-refractivity contribution in [2.24, 2.45) is 5.92 Å². The molecule has 41 heavy (non-hydrogen) atoms. The SMILES string of the molecule is CC(C)C[C@H](NC(=O)OC(C)(C)C)C(=O)NS(=O)(=O)c1ccc(NC(=S)NC(=O)COc2ccc(Br)cc2Cl)cc1. The fourth-order valence-electron chi connectivity index (χ4n) is 3.19. The second-order valence-corrected chi connectivity index (χ2v) is 13.6. The summed E-state index contributed by atoms with van der Waals surface area (Å²) >= 11 is 14.5. The lowest BCUT2D eigenvalue weighted by molar-refractivity contribution is -0.122. The molecule has 0 saturated carbocycles. The van der Waals surface area contributed by atoms with E-state index in [0.717, 1.165) is 4.47 Å². The normalized spacial score (nSPS) is 12.2. The van der Waals surface area contributed by atoms with Crippen molar-refractivity contribution in [3.63, 3.8) is 0 Å². The van der Waals surface area contributed by atoms with Gasteiger partial charge in [-0.2, -0.15) is 0 Å². The number of alkyl carbamates (subject to hydrolysis) is 1. The van der Waals surface area contributed by atoms with Crippen LogP contribution in [-0.4, -0.2) is 49.7 Å². The quantitative estimate of drug-likeness (QED) is 0.259. The molecule has 0 aromatic heterocycles. The van der Waals surface area contributed by atoms with Gasteiger partial charge in [0, 0.05) is 10.2 Å². The Bertz CT molecular complexity index is 1380. The lowest BCUT2D eigenvalue weighted by Gasteiger charge is -2.24. The Hall–Kier alpha value is -2.94. The summed E-state index contributed by atoms with van der Waals surface area (Å²) in [5.41, 5.74) is -0.417. The molecule has 2 aromatic carbocycles. The fraction of sp³-hybridized carbons (Fsp3) is 0.385. The molecule has 15 heteroatoms. The molecule has 0 fully saturated rings. The van der Waals surface area contributed by atoms with E-state index < -0.39 is 39.6 Å². The Morgan fingerprint density at radius 3 is 2.27 bits per heavy atom. The number of carbonyl (C=O) groups excluding carboxylic acids is 3. The topological polar surface area (TPSA) is 152 Å². The van der Waals surface area contributed by atoms with Crippen LogP contribution in [0.5, 0.6) is 5.75 Å². The van der Waals surface area contributed by atoms with Crippen LogP contribution in [0.25, 0.3) is 0 Å². The number of ether oxygens (including phenoxy) is 2. The molecule has 0 saturated heterocycles. The molecule has 2 aromatic rings. The number of hydrogen-bond acceptors (Lipinski definition) is 8. The highest BCUT2D eigenvalue weighted by molar-refractivity contribution is 9.10. The third-order valence-corrected chi connectivity index (χ3v) is 7.23. The molecule has 0 radical (unpaired) electrons. The molecule has 4 N–H and O–H groups in total. The van der Waals surface area contributed by atoms with E-state index in [1.54, 1.807) is 39.0 Å². The van der Waals surface area contributed by atoms with E-state index in [0.29, 0.717) is 16.5 Å². The van der Waals surface area contributed by atoms with E-state index in [9.17, 15) is 22.8 Å². The molecular formula is C26H32BrClN4O7S2. The van der Waals surface area contributed by atoms with Gasteiger partial charge in [-0.3, -0.25) is 14.9 Å². The molecule has 11 nitrogen and oxygen atoms in total. The van der Waals surface area contributed by atoms with Crippen LogP contribution >= 0.6 is 39.7 Å². The van der Waals surface area contributed by atoms with Crippen molar-refractivity contribution in [2.45, 2.75) is 57.6 Å². The summed E-state index contributed by atoms with van der Waals surface area (Å²) in [6.07, 6.45) is -0.647. The third kappa shape index (κ3) is 12.2. The van der Waals surface area contributed by atoms with Crippen LogP contribution < -0.4 is 25.4 Å². The molecule has 1 atom stereocenters. The second-order valence-electron chi connectivity index (χ2n) is 10.2. The molecule has 0 unspecified atom stereocenters. The van der Waals surface area contributed by atoms with Gasteiger partial charge in [-0.15, -0.1) is 0 Å². The zero-order valence-electron chi connectivity index (χ0n) is 23.0. The van der Waals surface area contributed by atoms with Gasteiger partial charge in [0.05, 0.1) is 9.92 Å². The highest BCUT2D eigenvalue weighted by Gasteiger charge is 2.28. The average molecular weight is 692 g/mol. The number of benzene rings is 2. The minimum absolute atomic E-state index is 0.0248. The highest BCUT2D eigenvalue weighted by atomic mass is 79.9. The van der Waals surface area contributed by atoms with Crippen molar-refractivity contribution < 1.29 is 32.3 Å². The minimum Gasteiger partial charge on any atom is -0.482 e. The molecule has 2 rings (SSSR count). The standard InChI is InChI=1S/C26H32BrClN4O7S2/c1-15(2)12-20(30-25(35)39-26(3,4)5)23(34)32-41(36,37)18-9-7-17(8-10-18)29-24(40)31-22(33)14-38-21-11-6-16(27)13-19(21)28/h6-11,13,15,20H,12,14H2,1-5H3,(H,30,35)(H,32,34)(H2,29,31,33,40)/t20-/m0/s1. The zero-order chi connectivity index (χ0) is 31.0. The Kier molecular flexibility index (Phi) is 12.4. The van der Waals surface area contributed by atoms with E-state index in [2.05, 4.69) is 31.9 Å². The summed E-state index contributed by atoms with van der Waals surface area (Å²) in [5, 5.41) is 7.91. The number of halogens is 2. The monoisotopic (exact) mass is 690 g/mol. The van der Waals surface area contributed by atoms with E-state index >= 15 is 0 Å². The van der Waals surface area contributed by atoms with Crippen molar-refractivity contribution in [1.82, 2.24) is 15.4 Å². The summed E-state index contributed by atoms with van der Waals surface area (Å²) < 4.78 is 39.0. The van der Waals surface area contributed by atoms with Crippen LogP contribution in [0.1, 0.15) is 41.0 Å². The number of carbonyl (C=O) groups is 3. The smallest absolute Gasteiger partial charge is 0.408 e. The average Bonchev–Trinajstić information content (AvgIpc) is 2.81. The first kappa shape index (κ1) is 34.3. The maximum Gasteiger partial charge on any atom is 0.408 e. The van der Waals surface area contributed by atoms with Crippen LogP contribution in [0.15, 0.2) is 51.8 Å². The summed E-state index contributed by atoms with van der Waals surface area (Å²) in [5.74, 6) is -1.14. The summed E-state index contributed by atoms with van der Waals surface area (Å²) in [7, 11) is -4.27. The van der Waals surface area contributed by atoms with Gasteiger partial charge in [-0.1, -0.05) is 41.4 Å².